The molecule has 1 heterocycles. The lowest BCUT2D eigenvalue weighted by molar-refractivity contribution is 0.0700. The number of hydroxylamine groups is 1. The number of amides is 1. The summed E-state index contributed by atoms with van der Waals surface area (Å²) in [5.74, 6) is -0.641. The van der Waals surface area contributed by atoms with Gasteiger partial charge in [0, 0.05) is 6.54 Å². The van der Waals surface area contributed by atoms with Gasteiger partial charge in [-0.1, -0.05) is 12.1 Å². The molecular weight excluding hydrogens is 160 g/mol. The van der Waals surface area contributed by atoms with Crippen molar-refractivity contribution in [2.45, 2.75) is 19.9 Å². The first-order valence-corrected chi connectivity index (χ1v) is 3.62. The minimum Gasteiger partial charge on any atom is -0.288 e. The summed E-state index contributed by atoms with van der Waals surface area (Å²) in [6.45, 7) is 2.71. The highest BCUT2D eigenvalue weighted by molar-refractivity contribution is 5.90. The molecule has 12 heavy (non-hydrogen) atoms. The lowest BCUT2D eigenvalue weighted by Gasteiger charge is -1.92. The Morgan fingerprint density at radius 2 is 2.58 bits per heavy atom. The van der Waals surface area contributed by atoms with E-state index in [9.17, 15) is 4.79 Å². The zero-order valence-corrected chi connectivity index (χ0v) is 6.69. The molecule has 2 N–H and O–H groups in total. The van der Waals surface area contributed by atoms with Crippen LogP contribution in [0.4, 0.5) is 0 Å². The quantitative estimate of drug-likeness (QED) is 0.486. The Morgan fingerprint density at radius 3 is 3.17 bits per heavy atom. The first-order valence-electron chi connectivity index (χ1n) is 3.62. The van der Waals surface area contributed by atoms with Crippen molar-refractivity contribution in [1.29, 1.82) is 0 Å². The van der Waals surface area contributed by atoms with E-state index >= 15 is 0 Å². The fourth-order valence-electron chi connectivity index (χ4n) is 0.798. The van der Waals surface area contributed by atoms with Crippen LogP contribution in [0.1, 0.15) is 23.8 Å². The van der Waals surface area contributed by atoms with E-state index in [1.165, 1.54) is 11.7 Å². The second kappa shape index (κ2) is 3.82. The molecule has 0 radical (unpaired) electrons. The largest absolute Gasteiger partial charge is 0.296 e. The first kappa shape index (κ1) is 8.66. The monoisotopic (exact) mass is 170 g/mol. The van der Waals surface area contributed by atoms with Crippen molar-refractivity contribution in [3.63, 3.8) is 0 Å². The highest BCUT2D eigenvalue weighted by atomic mass is 16.5. The van der Waals surface area contributed by atoms with Gasteiger partial charge in [0.15, 0.2) is 5.69 Å². The van der Waals surface area contributed by atoms with Crippen LogP contribution < -0.4 is 5.48 Å². The van der Waals surface area contributed by atoms with E-state index in [-0.39, 0.29) is 5.69 Å². The fourth-order valence-corrected chi connectivity index (χ4v) is 0.798. The maximum Gasteiger partial charge on any atom is 0.296 e. The van der Waals surface area contributed by atoms with E-state index in [2.05, 4.69) is 10.3 Å². The SMILES string of the molecule is CCCn1cc(C(=O)NO)nn1. The predicted octanol–water partition coefficient (Wildman–Crippen LogP) is -0.193. The van der Waals surface area contributed by atoms with Gasteiger partial charge < -0.3 is 0 Å². The maximum atomic E-state index is 10.8. The molecule has 0 atom stereocenters. The normalized spacial score (nSPS) is 9.83. The lowest BCUT2D eigenvalue weighted by Crippen LogP contribution is -2.18. The molecule has 0 saturated heterocycles. The average Bonchev–Trinajstić information content (AvgIpc) is 2.52. The molecule has 1 amide bonds. The number of carbonyl (C=O) groups is 1. The average molecular weight is 170 g/mol. The van der Waals surface area contributed by atoms with Crippen molar-refractivity contribution in [3.8, 4) is 0 Å². The second-order valence-corrected chi connectivity index (χ2v) is 2.31. The molecule has 0 bridgehead atoms. The molecule has 0 fully saturated rings. The number of nitrogens with zero attached hydrogens (tertiary/aromatic N) is 3. The van der Waals surface area contributed by atoms with Crippen molar-refractivity contribution in [2.24, 2.45) is 0 Å². The number of carbonyl (C=O) groups excluding carboxylic acids is 1. The Kier molecular flexibility index (Phi) is 2.76. The van der Waals surface area contributed by atoms with Crippen molar-refractivity contribution in [1.82, 2.24) is 20.5 Å². The van der Waals surface area contributed by atoms with Crippen LogP contribution in [0.25, 0.3) is 0 Å². The van der Waals surface area contributed by atoms with E-state index in [1.54, 1.807) is 4.68 Å². The van der Waals surface area contributed by atoms with Gasteiger partial charge in [0.2, 0.25) is 0 Å². The predicted molar refractivity (Wildman–Crippen MR) is 39.6 cm³/mol. The Bertz CT molecular complexity index is 270. The molecule has 6 nitrogen and oxygen atoms in total. The van der Waals surface area contributed by atoms with Crippen molar-refractivity contribution >= 4 is 5.91 Å². The molecule has 0 unspecified atom stereocenters. The summed E-state index contributed by atoms with van der Waals surface area (Å²) >= 11 is 0. The van der Waals surface area contributed by atoms with Crippen molar-refractivity contribution < 1.29 is 10.0 Å². The summed E-state index contributed by atoms with van der Waals surface area (Å²) in [4.78, 5) is 10.8. The van der Waals surface area contributed by atoms with Gasteiger partial charge in [0.25, 0.3) is 5.91 Å². The molecule has 1 aromatic rings. The summed E-state index contributed by atoms with van der Waals surface area (Å²) in [5.41, 5.74) is 1.60. The van der Waals surface area contributed by atoms with Crippen LogP contribution in [0.3, 0.4) is 0 Å². The van der Waals surface area contributed by atoms with E-state index in [0.29, 0.717) is 6.54 Å². The molecule has 0 aliphatic rings. The number of nitrogens with one attached hydrogen (secondary N) is 1. The minimum atomic E-state index is -0.641. The van der Waals surface area contributed by atoms with Crippen LogP contribution in [0.2, 0.25) is 0 Å². The van der Waals surface area contributed by atoms with E-state index < -0.39 is 5.91 Å². The Hall–Kier alpha value is -1.43. The Morgan fingerprint density at radius 1 is 1.83 bits per heavy atom. The van der Waals surface area contributed by atoms with Crippen molar-refractivity contribution in [2.75, 3.05) is 0 Å². The standard InChI is InChI=1S/C6H10N4O2/c1-2-3-10-4-5(7-9-10)6(11)8-12/h4,12H,2-3H2,1H3,(H,8,11). The molecule has 0 saturated carbocycles. The molecule has 0 aromatic carbocycles. The second-order valence-electron chi connectivity index (χ2n) is 2.31. The highest BCUT2D eigenvalue weighted by Crippen LogP contribution is 1.93. The number of hydrogen-bond donors (Lipinski definition) is 2. The number of rotatable bonds is 3. The summed E-state index contributed by atoms with van der Waals surface area (Å²) in [7, 11) is 0. The lowest BCUT2D eigenvalue weighted by atomic mass is 10.4. The van der Waals surface area contributed by atoms with Gasteiger partial charge in [-0.2, -0.15) is 0 Å². The number of aromatic nitrogens is 3. The molecule has 1 aromatic heterocycles. The van der Waals surface area contributed by atoms with Gasteiger partial charge in [-0.05, 0) is 6.42 Å². The maximum absolute atomic E-state index is 10.8. The summed E-state index contributed by atoms with van der Waals surface area (Å²) in [6.07, 6.45) is 2.40. The van der Waals surface area contributed by atoms with Crippen LogP contribution in [-0.4, -0.2) is 26.1 Å². The molecule has 66 valence electrons. The van der Waals surface area contributed by atoms with Crippen LogP contribution in [0.15, 0.2) is 6.20 Å². The molecule has 0 spiro atoms. The van der Waals surface area contributed by atoms with E-state index in [4.69, 9.17) is 5.21 Å². The van der Waals surface area contributed by atoms with Gasteiger partial charge in [-0.25, -0.2) is 5.48 Å². The van der Waals surface area contributed by atoms with Crippen LogP contribution in [-0.2, 0) is 6.54 Å². The summed E-state index contributed by atoms with van der Waals surface area (Å²) in [6, 6.07) is 0. The van der Waals surface area contributed by atoms with E-state index in [0.717, 1.165) is 6.42 Å². The third kappa shape index (κ3) is 1.79. The summed E-state index contributed by atoms with van der Waals surface area (Å²) < 4.78 is 1.55. The molecule has 0 aliphatic carbocycles. The summed E-state index contributed by atoms with van der Waals surface area (Å²) in [5, 5.41) is 15.5. The highest BCUT2D eigenvalue weighted by Gasteiger charge is 2.08. The Labute approximate surface area is 69.1 Å². The zero-order chi connectivity index (χ0) is 8.97. The van der Waals surface area contributed by atoms with Gasteiger partial charge >= 0.3 is 0 Å². The first-order chi connectivity index (χ1) is 5.77. The van der Waals surface area contributed by atoms with Gasteiger partial charge in [-0.15, -0.1) is 5.10 Å². The third-order valence-electron chi connectivity index (χ3n) is 1.33. The topological polar surface area (TPSA) is 80.0 Å². The fraction of sp³-hybridized carbons (Fsp3) is 0.500. The van der Waals surface area contributed by atoms with Gasteiger partial charge in [0.05, 0.1) is 6.20 Å². The zero-order valence-electron chi connectivity index (χ0n) is 6.69. The van der Waals surface area contributed by atoms with Crippen molar-refractivity contribution in [3.05, 3.63) is 11.9 Å². The third-order valence-corrected chi connectivity index (χ3v) is 1.33. The van der Waals surface area contributed by atoms with Crippen LogP contribution >= 0.6 is 0 Å². The molecule has 6 heteroatoms. The molecule has 0 aliphatic heterocycles. The van der Waals surface area contributed by atoms with Gasteiger partial charge in [-0.3, -0.25) is 14.7 Å². The van der Waals surface area contributed by atoms with Crippen LogP contribution in [0, 0.1) is 0 Å². The minimum absolute atomic E-state index is 0.117. The number of aryl methyl sites for hydroxylation is 1. The number of hydrogen-bond acceptors (Lipinski definition) is 4. The molecular formula is C6H10N4O2. The smallest absolute Gasteiger partial charge is 0.288 e. The van der Waals surface area contributed by atoms with Gasteiger partial charge in [0.1, 0.15) is 0 Å². The molecule has 1 rings (SSSR count). The Balaban J connectivity index is 2.70. The van der Waals surface area contributed by atoms with E-state index in [1.807, 2.05) is 6.92 Å². The van der Waals surface area contributed by atoms with Crippen LogP contribution in [0.5, 0.6) is 0 Å².